The maximum absolute atomic E-state index is 12.2. The quantitative estimate of drug-likeness (QED) is 0.937. The predicted octanol–water partition coefficient (Wildman–Crippen LogP) is 1.89. The van der Waals surface area contributed by atoms with Gasteiger partial charge in [0, 0.05) is 48.8 Å². The molecule has 6 nitrogen and oxygen atoms in total. The van der Waals surface area contributed by atoms with E-state index in [2.05, 4.69) is 25.2 Å². The summed E-state index contributed by atoms with van der Waals surface area (Å²) < 4.78 is 0. The molecule has 6 heteroatoms. The summed E-state index contributed by atoms with van der Waals surface area (Å²) in [7, 11) is 0. The van der Waals surface area contributed by atoms with Gasteiger partial charge >= 0.3 is 0 Å². The topological polar surface area (TPSA) is 71.0 Å². The van der Waals surface area contributed by atoms with E-state index in [1.807, 2.05) is 19.9 Å². The van der Waals surface area contributed by atoms with Crippen LogP contribution in [0, 0.1) is 13.8 Å². The molecule has 0 bridgehead atoms. The van der Waals surface area contributed by atoms with Gasteiger partial charge in [-0.1, -0.05) is 0 Å². The van der Waals surface area contributed by atoms with Crippen molar-refractivity contribution in [2.24, 2.45) is 0 Å². The van der Waals surface area contributed by atoms with Crippen LogP contribution in [0.4, 0.5) is 5.82 Å². The highest BCUT2D eigenvalue weighted by molar-refractivity contribution is 5.94. The van der Waals surface area contributed by atoms with E-state index in [-0.39, 0.29) is 11.9 Å². The molecule has 120 valence electrons. The third kappa shape index (κ3) is 3.83. The molecule has 1 aliphatic rings. The lowest BCUT2D eigenvalue weighted by Gasteiger charge is -2.33. The molecule has 1 saturated heterocycles. The minimum atomic E-state index is -0.0282. The zero-order valence-electron chi connectivity index (χ0n) is 13.5. The van der Waals surface area contributed by atoms with E-state index >= 15 is 0 Å². The highest BCUT2D eigenvalue weighted by Gasteiger charge is 2.22. The minimum absolute atomic E-state index is 0.0282. The molecule has 2 aromatic heterocycles. The van der Waals surface area contributed by atoms with E-state index in [0.717, 1.165) is 43.3 Å². The fraction of sp³-hybridized carbons (Fsp3) is 0.412. The van der Waals surface area contributed by atoms with Crippen molar-refractivity contribution in [1.82, 2.24) is 20.3 Å². The van der Waals surface area contributed by atoms with Crippen LogP contribution < -0.4 is 10.2 Å². The number of aromatic nitrogens is 3. The summed E-state index contributed by atoms with van der Waals surface area (Å²) in [5, 5.41) is 3.10. The van der Waals surface area contributed by atoms with Crippen LogP contribution in [0.1, 0.15) is 34.7 Å². The first-order chi connectivity index (χ1) is 11.1. The molecule has 1 aliphatic heterocycles. The number of hydrogen-bond acceptors (Lipinski definition) is 5. The largest absolute Gasteiger partial charge is 0.356 e. The number of pyridine rings is 1. The first kappa shape index (κ1) is 15.4. The Hall–Kier alpha value is -2.50. The Morgan fingerprint density at radius 2 is 1.87 bits per heavy atom. The molecular weight excluding hydrogens is 290 g/mol. The van der Waals surface area contributed by atoms with Crippen LogP contribution in [0.2, 0.25) is 0 Å². The van der Waals surface area contributed by atoms with E-state index in [1.165, 1.54) is 0 Å². The van der Waals surface area contributed by atoms with Gasteiger partial charge in [-0.2, -0.15) is 0 Å². The third-order valence-corrected chi connectivity index (χ3v) is 4.05. The second kappa shape index (κ2) is 6.73. The Morgan fingerprint density at radius 1 is 1.17 bits per heavy atom. The standard InChI is InChI=1S/C17H21N5O/c1-12-11-16(20-13(2)19-12)22-9-5-15(6-10-22)21-17(23)14-3-7-18-8-4-14/h3-4,7-8,11,15H,5-6,9-10H2,1-2H3,(H,21,23). The average molecular weight is 311 g/mol. The zero-order chi connectivity index (χ0) is 16.2. The van der Waals surface area contributed by atoms with Gasteiger partial charge in [0.15, 0.2) is 0 Å². The predicted molar refractivity (Wildman–Crippen MR) is 88.4 cm³/mol. The number of nitrogens with one attached hydrogen (secondary N) is 1. The summed E-state index contributed by atoms with van der Waals surface area (Å²) in [4.78, 5) is 27.2. The van der Waals surface area contributed by atoms with Crippen LogP contribution >= 0.6 is 0 Å². The number of hydrogen-bond donors (Lipinski definition) is 1. The molecule has 0 unspecified atom stereocenters. The van der Waals surface area contributed by atoms with Crippen molar-refractivity contribution in [2.75, 3.05) is 18.0 Å². The highest BCUT2D eigenvalue weighted by atomic mass is 16.1. The second-order valence-electron chi connectivity index (χ2n) is 5.89. The van der Waals surface area contributed by atoms with Crippen molar-refractivity contribution in [3.63, 3.8) is 0 Å². The molecule has 0 aromatic carbocycles. The number of carbonyl (C=O) groups is 1. The summed E-state index contributed by atoms with van der Waals surface area (Å²) in [6, 6.07) is 5.69. The molecule has 0 saturated carbocycles. The van der Waals surface area contributed by atoms with Crippen LogP contribution in [0.25, 0.3) is 0 Å². The van der Waals surface area contributed by atoms with Gasteiger partial charge in [0.1, 0.15) is 11.6 Å². The Labute approximate surface area is 136 Å². The Bertz CT molecular complexity index is 660. The molecular formula is C17H21N5O. The first-order valence-electron chi connectivity index (χ1n) is 7.90. The van der Waals surface area contributed by atoms with Crippen LogP contribution in [-0.4, -0.2) is 40.0 Å². The van der Waals surface area contributed by atoms with Crippen LogP contribution in [0.5, 0.6) is 0 Å². The molecule has 1 amide bonds. The van der Waals surface area contributed by atoms with Crippen molar-refractivity contribution in [1.29, 1.82) is 0 Å². The second-order valence-corrected chi connectivity index (χ2v) is 5.89. The lowest BCUT2D eigenvalue weighted by Crippen LogP contribution is -2.45. The normalized spacial score (nSPS) is 15.5. The van der Waals surface area contributed by atoms with Gasteiger partial charge < -0.3 is 10.2 Å². The fourth-order valence-corrected chi connectivity index (χ4v) is 2.88. The van der Waals surface area contributed by atoms with E-state index in [9.17, 15) is 4.79 Å². The number of rotatable bonds is 3. The number of nitrogens with zero attached hydrogens (tertiary/aromatic N) is 4. The molecule has 0 radical (unpaired) electrons. The number of carbonyl (C=O) groups excluding carboxylic acids is 1. The van der Waals surface area contributed by atoms with Gasteiger partial charge in [-0.3, -0.25) is 9.78 Å². The molecule has 1 N–H and O–H groups in total. The molecule has 3 rings (SSSR count). The SMILES string of the molecule is Cc1cc(N2CCC(NC(=O)c3ccncc3)CC2)nc(C)n1. The van der Waals surface area contributed by atoms with Crippen LogP contribution in [0.15, 0.2) is 30.6 Å². The van der Waals surface area contributed by atoms with Crippen molar-refractivity contribution in [2.45, 2.75) is 32.7 Å². The van der Waals surface area contributed by atoms with Crippen molar-refractivity contribution in [3.8, 4) is 0 Å². The van der Waals surface area contributed by atoms with Gasteiger partial charge in [-0.15, -0.1) is 0 Å². The highest BCUT2D eigenvalue weighted by Crippen LogP contribution is 2.19. The molecule has 0 atom stereocenters. The summed E-state index contributed by atoms with van der Waals surface area (Å²) in [6.07, 6.45) is 5.10. The number of anilines is 1. The maximum atomic E-state index is 12.2. The first-order valence-corrected chi connectivity index (χ1v) is 7.90. The monoisotopic (exact) mass is 311 g/mol. The number of amides is 1. The maximum Gasteiger partial charge on any atom is 0.251 e. The van der Waals surface area contributed by atoms with Crippen molar-refractivity contribution in [3.05, 3.63) is 47.7 Å². The smallest absolute Gasteiger partial charge is 0.251 e. The van der Waals surface area contributed by atoms with E-state index in [1.54, 1.807) is 24.5 Å². The van der Waals surface area contributed by atoms with E-state index < -0.39 is 0 Å². The lowest BCUT2D eigenvalue weighted by atomic mass is 10.0. The Balaban J connectivity index is 1.57. The van der Waals surface area contributed by atoms with Crippen LogP contribution in [-0.2, 0) is 0 Å². The van der Waals surface area contributed by atoms with Gasteiger partial charge in [0.2, 0.25) is 0 Å². The van der Waals surface area contributed by atoms with Gasteiger partial charge in [0.25, 0.3) is 5.91 Å². The van der Waals surface area contributed by atoms with Crippen molar-refractivity contribution >= 4 is 11.7 Å². The van der Waals surface area contributed by atoms with Crippen molar-refractivity contribution < 1.29 is 4.79 Å². The molecule has 3 heterocycles. The van der Waals surface area contributed by atoms with E-state index in [0.29, 0.717) is 5.56 Å². The summed E-state index contributed by atoms with van der Waals surface area (Å²) in [6.45, 7) is 5.67. The number of piperidine rings is 1. The minimum Gasteiger partial charge on any atom is -0.356 e. The summed E-state index contributed by atoms with van der Waals surface area (Å²) in [5.41, 5.74) is 1.64. The molecule has 1 fully saturated rings. The van der Waals surface area contributed by atoms with E-state index in [4.69, 9.17) is 0 Å². The molecule has 23 heavy (non-hydrogen) atoms. The molecule has 2 aromatic rings. The molecule has 0 spiro atoms. The van der Waals surface area contributed by atoms with Gasteiger partial charge in [-0.25, -0.2) is 9.97 Å². The Kier molecular flexibility index (Phi) is 4.50. The summed E-state index contributed by atoms with van der Waals surface area (Å²) >= 11 is 0. The van der Waals surface area contributed by atoms with Gasteiger partial charge in [0.05, 0.1) is 0 Å². The lowest BCUT2D eigenvalue weighted by molar-refractivity contribution is 0.0931. The Morgan fingerprint density at radius 3 is 2.52 bits per heavy atom. The van der Waals surface area contributed by atoms with Gasteiger partial charge in [-0.05, 0) is 38.8 Å². The summed E-state index contributed by atoms with van der Waals surface area (Å²) in [5.74, 6) is 1.75. The fourth-order valence-electron chi connectivity index (χ4n) is 2.88. The van der Waals surface area contributed by atoms with Crippen LogP contribution in [0.3, 0.4) is 0 Å². The third-order valence-electron chi connectivity index (χ3n) is 4.05. The molecule has 0 aliphatic carbocycles. The average Bonchev–Trinajstić information content (AvgIpc) is 2.55. The number of aryl methyl sites for hydroxylation is 2. The zero-order valence-corrected chi connectivity index (χ0v) is 13.5.